The van der Waals surface area contributed by atoms with E-state index >= 15 is 0 Å². The van der Waals surface area contributed by atoms with Gasteiger partial charge in [-0.25, -0.2) is 10.2 Å². The number of hydrogen-bond donors (Lipinski definition) is 1. The molecule has 2 heterocycles. The molecular weight excluding hydrogens is 360 g/mol. The molecule has 2 aromatic rings. The summed E-state index contributed by atoms with van der Waals surface area (Å²) in [4.78, 5) is 17.3. The number of nitrogens with zero attached hydrogens (tertiary/aromatic N) is 3. The van der Waals surface area contributed by atoms with Crippen molar-refractivity contribution < 1.29 is 4.79 Å². The molecule has 0 bridgehead atoms. The summed E-state index contributed by atoms with van der Waals surface area (Å²) >= 11 is 0. The molecule has 5 nitrogen and oxygen atoms in total. The Morgan fingerprint density at radius 3 is 2.79 bits per heavy atom. The van der Waals surface area contributed by atoms with Gasteiger partial charge in [-0.3, -0.25) is 9.58 Å². The summed E-state index contributed by atoms with van der Waals surface area (Å²) in [5, 5.41) is 1.38. The molecule has 1 saturated heterocycles. The SMILES string of the molecule is C=CCN1CCC[C@@H]2c3cccc4c3c(c(CC)n4NC(=O)N(CC)CC)C[C@H]21. The van der Waals surface area contributed by atoms with Crippen molar-refractivity contribution in [2.24, 2.45) is 0 Å². The molecule has 1 aliphatic carbocycles. The number of fused-ring (bicyclic) bond motifs is 2. The molecule has 0 spiro atoms. The van der Waals surface area contributed by atoms with Gasteiger partial charge in [0.05, 0.1) is 5.52 Å². The second-order valence-electron chi connectivity index (χ2n) is 8.25. The van der Waals surface area contributed by atoms with Crippen LogP contribution in [0.15, 0.2) is 30.9 Å². The Balaban J connectivity index is 1.81. The Hall–Kier alpha value is -2.27. The summed E-state index contributed by atoms with van der Waals surface area (Å²) in [7, 11) is 0. The number of benzene rings is 1. The number of carbonyl (C=O) groups is 1. The van der Waals surface area contributed by atoms with Crippen molar-refractivity contribution in [2.45, 2.75) is 58.4 Å². The molecule has 1 fully saturated rings. The summed E-state index contributed by atoms with van der Waals surface area (Å²) < 4.78 is 2.07. The van der Waals surface area contributed by atoms with E-state index in [0.717, 1.165) is 31.4 Å². The van der Waals surface area contributed by atoms with Gasteiger partial charge >= 0.3 is 6.03 Å². The number of urea groups is 1. The van der Waals surface area contributed by atoms with E-state index < -0.39 is 0 Å². The number of hydrogen-bond acceptors (Lipinski definition) is 2. The molecule has 1 N–H and O–H groups in total. The summed E-state index contributed by atoms with van der Waals surface area (Å²) in [6, 6.07) is 7.14. The van der Waals surface area contributed by atoms with Crippen LogP contribution in [0, 0.1) is 0 Å². The molecule has 156 valence electrons. The van der Waals surface area contributed by atoms with Gasteiger partial charge < -0.3 is 4.90 Å². The fourth-order valence-electron chi connectivity index (χ4n) is 5.57. The highest BCUT2D eigenvalue weighted by Crippen LogP contribution is 2.45. The largest absolute Gasteiger partial charge is 0.336 e. The molecule has 4 rings (SSSR count). The van der Waals surface area contributed by atoms with Crippen molar-refractivity contribution in [1.29, 1.82) is 0 Å². The van der Waals surface area contributed by atoms with Crippen LogP contribution in [0.2, 0.25) is 0 Å². The van der Waals surface area contributed by atoms with E-state index in [4.69, 9.17) is 0 Å². The van der Waals surface area contributed by atoms with Crippen molar-refractivity contribution in [3.8, 4) is 0 Å². The maximum absolute atomic E-state index is 12.8. The highest BCUT2D eigenvalue weighted by atomic mass is 16.2. The zero-order valence-electron chi connectivity index (χ0n) is 18.1. The number of carbonyl (C=O) groups excluding carboxylic acids is 1. The van der Waals surface area contributed by atoms with E-state index in [1.54, 1.807) is 0 Å². The first-order chi connectivity index (χ1) is 14.1. The normalized spacial score (nSPS) is 21.1. The number of likely N-dealkylation sites (tertiary alicyclic amines) is 1. The molecule has 1 aromatic carbocycles. The molecule has 2 amide bonds. The average molecular weight is 395 g/mol. The first-order valence-corrected chi connectivity index (χ1v) is 11.2. The van der Waals surface area contributed by atoms with Crippen LogP contribution in [-0.4, -0.2) is 52.7 Å². The van der Waals surface area contributed by atoms with Crippen molar-refractivity contribution in [1.82, 2.24) is 14.5 Å². The van der Waals surface area contributed by atoms with E-state index in [-0.39, 0.29) is 6.03 Å². The van der Waals surface area contributed by atoms with Gasteiger partial charge in [0, 0.05) is 42.7 Å². The standard InChI is InChI=1S/C24H34N4O/c1-5-14-27-15-10-12-17-18-11-9-13-21-23(18)19(16-22(17)27)20(6-2)28(21)25-24(29)26(7-3)8-4/h5,9,11,13,17,22H,1,6-8,10,12,14-16H2,2-4H3,(H,25,29)/t17-,22-/m1/s1. The van der Waals surface area contributed by atoms with Crippen LogP contribution in [0.25, 0.3) is 10.9 Å². The topological polar surface area (TPSA) is 40.5 Å². The van der Waals surface area contributed by atoms with Crippen molar-refractivity contribution >= 4 is 16.9 Å². The lowest BCUT2D eigenvalue weighted by Gasteiger charge is -2.44. The van der Waals surface area contributed by atoms with E-state index in [0.29, 0.717) is 25.0 Å². The van der Waals surface area contributed by atoms with E-state index in [1.165, 1.54) is 35.0 Å². The van der Waals surface area contributed by atoms with Crippen molar-refractivity contribution in [2.75, 3.05) is 31.6 Å². The zero-order chi connectivity index (χ0) is 20.5. The summed E-state index contributed by atoms with van der Waals surface area (Å²) in [5.41, 5.74) is 8.49. The Bertz CT molecular complexity index is 911. The van der Waals surface area contributed by atoms with Gasteiger partial charge in [-0.2, -0.15) is 0 Å². The maximum atomic E-state index is 12.8. The third-order valence-corrected chi connectivity index (χ3v) is 6.90. The summed E-state index contributed by atoms with van der Waals surface area (Å²) in [5.74, 6) is 0.568. The minimum absolute atomic E-state index is 0.0245. The predicted molar refractivity (Wildman–Crippen MR) is 120 cm³/mol. The summed E-state index contributed by atoms with van der Waals surface area (Å²) in [6.45, 7) is 13.7. The second kappa shape index (κ2) is 8.23. The Morgan fingerprint density at radius 1 is 1.31 bits per heavy atom. The minimum Gasteiger partial charge on any atom is -0.324 e. The van der Waals surface area contributed by atoms with Gasteiger partial charge in [0.2, 0.25) is 0 Å². The number of piperidine rings is 1. The maximum Gasteiger partial charge on any atom is 0.336 e. The van der Waals surface area contributed by atoms with E-state index in [1.807, 2.05) is 24.8 Å². The van der Waals surface area contributed by atoms with Crippen molar-refractivity contribution in [3.05, 3.63) is 47.7 Å². The first kappa shape index (κ1) is 20.0. The lowest BCUT2D eigenvalue weighted by Crippen LogP contribution is -2.46. The van der Waals surface area contributed by atoms with Gasteiger partial charge in [-0.15, -0.1) is 6.58 Å². The van der Waals surface area contributed by atoms with Gasteiger partial charge in [0.1, 0.15) is 0 Å². The van der Waals surface area contributed by atoms with Crippen LogP contribution < -0.4 is 5.43 Å². The van der Waals surface area contributed by atoms with Crippen LogP contribution in [0.1, 0.15) is 56.4 Å². The first-order valence-electron chi connectivity index (χ1n) is 11.2. The third kappa shape index (κ3) is 3.25. The smallest absolute Gasteiger partial charge is 0.324 e. The van der Waals surface area contributed by atoms with Crippen LogP contribution >= 0.6 is 0 Å². The highest BCUT2D eigenvalue weighted by Gasteiger charge is 2.38. The monoisotopic (exact) mass is 394 g/mol. The molecular formula is C24H34N4O. The van der Waals surface area contributed by atoms with Crippen molar-refractivity contribution in [3.63, 3.8) is 0 Å². The molecule has 2 aliphatic rings. The predicted octanol–water partition coefficient (Wildman–Crippen LogP) is 4.50. The Kier molecular flexibility index (Phi) is 5.68. The molecule has 1 aromatic heterocycles. The van der Waals surface area contributed by atoms with Gasteiger partial charge in [0.15, 0.2) is 0 Å². The highest BCUT2D eigenvalue weighted by molar-refractivity contribution is 5.93. The molecule has 0 saturated carbocycles. The summed E-state index contributed by atoms with van der Waals surface area (Å²) in [6.07, 6.45) is 6.48. The quantitative estimate of drug-likeness (QED) is 0.733. The van der Waals surface area contributed by atoms with Gasteiger partial charge in [0.25, 0.3) is 0 Å². The van der Waals surface area contributed by atoms with Crippen LogP contribution in [0.5, 0.6) is 0 Å². The Labute approximate surface area is 174 Å². The second-order valence-corrected chi connectivity index (χ2v) is 8.25. The zero-order valence-corrected chi connectivity index (χ0v) is 18.1. The van der Waals surface area contributed by atoms with Crippen LogP contribution in [0.4, 0.5) is 4.79 Å². The molecule has 1 aliphatic heterocycles. The van der Waals surface area contributed by atoms with Crippen LogP contribution in [0.3, 0.4) is 0 Å². The lowest BCUT2D eigenvalue weighted by molar-refractivity contribution is 0.138. The third-order valence-electron chi connectivity index (χ3n) is 6.90. The number of aromatic nitrogens is 1. The average Bonchev–Trinajstić information content (AvgIpc) is 3.03. The van der Waals surface area contributed by atoms with Gasteiger partial charge in [-0.05, 0) is 63.3 Å². The number of rotatable bonds is 6. The molecule has 2 atom stereocenters. The fourth-order valence-corrected chi connectivity index (χ4v) is 5.57. The molecule has 29 heavy (non-hydrogen) atoms. The molecule has 0 unspecified atom stereocenters. The van der Waals surface area contributed by atoms with E-state index in [9.17, 15) is 4.79 Å². The fraction of sp³-hybridized carbons (Fsp3) is 0.542. The number of nitrogens with one attached hydrogen (secondary N) is 1. The van der Waals surface area contributed by atoms with Crippen LogP contribution in [-0.2, 0) is 12.8 Å². The minimum atomic E-state index is -0.0245. The molecule has 0 radical (unpaired) electrons. The Morgan fingerprint density at radius 2 is 2.10 bits per heavy atom. The molecule has 5 heteroatoms. The number of amides is 2. The lowest BCUT2D eigenvalue weighted by atomic mass is 9.74. The van der Waals surface area contributed by atoms with E-state index in [2.05, 4.69) is 46.7 Å². The van der Waals surface area contributed by atoms with Gasteiger partial charge in [-0.1, -0.05) is 25.1 Å².